The lowest BCUT2D eigenvalue weighted by molar-refractivity contribution is 0.189. The van der Waals surface area contributed by atoms with E-state index >= 15 is 0 Å². The van der Waals surface area contributed by atoms with Crippen molar-refractivity contribution < 1.29 is 9.47 Å². The third-order valence-electron chi connectivity index (χ3n) is 4.93. The van der Waals surface area contributed by atoms with Crippen LogP contribution in [0.5, 0.6) is 11.5 Å². The van der Waals surface area contributed by atoms with Gasteiger partial charge in [-0.1, -0.05) is 15.9 Å². The van der Waals surface area contributed by atoms with Crippen LogP contribution in [0, 0.1) is 5.92 Å². The highest BCUT2D eigenvalue weighted by atomic mass is 79.9. The fraction of sp³-hybridized carbons (Fsp3) is 0.667. The molecule has 0 spiro atoms. The van der Waals surface area contributed by atoms with Crippen LogP contribution in [0.3, 0.4) is 0 Å². The number of benzene rings is 1. The molecular weight excluding hydrogens is 392 g/mol. The Bertz CT molecular complexity index is 532. The van der Waals surface area contributed by atoms with Gasteiger partial charge in [-0.3, -0.25) is 4.90 Å². The maximum atomic E-state index is 5.42. The maximum Gasteiger partial charge on any atom is 0.161 e. The molecule has 1 aliphatic carbocycles. The molecule has 2 fully saturated rings. The smallest absolute Gasteiger partial charge is 0.161 e. The van der Waals surface area contributed by atoms with Crippen molar-refractivity contribution in [2.24, 2.45) is 5.92 Å². The van der Waals surface area contributed by atoms with Gasteiger partial charge in [-0.2, -0.15) is 0 Å². The minimum atomic E-state index is 0. The highest BCUT2D eigenvalue weighted by molar-refractivity contribution is 9.10. The van der Waals surface area contributed by atoms with Crippen molar-refractivity contribution in [3.63, 3.8) is 0 Å². The second-order valence-electron chi connectivity index (χ2n) is 6.70. The summed E-state index contributed by atoms with van der Waals surface area (Å²) in [4.78, 5) is 2.53. The van der Waals surface area contributed by atoms with Crippen LogP contribution in [0.15, 0.2) is 16.6 Å². The Hall–Kier alpha value is -0.490. The van der Waals surface area contributed by atoms with Crippen molar-refractivity contribution in [3.8, 4) is 11.5 Å². The minimum absolute atomic E-state index is 0. The molecular formula is C18H28BrClN2O2. The molecule has 1 aromatic rings. The largest absolute Gasteiger partial charge is 0.493 e. The zero-order chi connectivity index (χ0) is 16.2. The number of rotatable bonds is 7. The number of methoxy groups -OCH3 is 2. The average molecular weight is 420 g/mol. The number of nitrogens with zero attached hydrogens (tertiary/aromatic N) is 1. The van der Waals surface area contributed by atoms with Crippen molar-refractivity contribution in [1.82, 2.24) is 10.2 Å². The fourth-order valence-corrected chi connectivity index (χ4v) is 3.66. The van der Waals surface area contributed by atoms with E-state index in [9.17, 15) is 0 Å². The number of halogens is 2. The van der Waals surface area contributed by atoms with Gasteiger partial charge in [0.25, 0.3) is 0 Å². The van der Waals surface area contributed by atoms with E-state index in [0.29, 0.717) is 6.04 Å². The predicted molar refractivity (Wildman–Crippen MR) is 104 cm³/mol. The third-order valence-corrected chi connectivity index (χ3v) is 5.66. The standard InChI is InChI=1S/C18H27BrN2O2.ClH/c1-22-17-9-14(16(19)10-18(17)23-2)12-21-7-5-15(6-8-21)20-11-13-3-4-13;/h9-10,13,15,20H,3-8,11-12H2,1-2H3;1H. The summed E-state index contributed by atoms with van der Waals surface area (Å²) in [5.74, 6) is 2.54. The molecule has 0 atom stereocenters. The Labute approximate surface area is 159 Å². The van der Waals surface area contributed by atoms with E-state index in [1.54, 1.807) is 14.2 Å². The molecule has 1 saturated heterocycles. The van der Waals surface area contributed by atoms with E-state index in [1.807, 2.05) is 6.07 Å². The van der Waals surface area contributed by atoms with Gasteiger partial charge in [0.1, 0.15) is 0 Å². The summed E-state index contributed by atoms with van der Waals surface area (Å²) in [5, 5.41) is 3.74. The summed E-state index contributed by atoms with van der Waals surface area (Å²) in [5.41, 5.74) is 1.26. The van der Waals surface area contributed by atoms with Crippen LogP contribution in [0.2, 0.25) is 0 Å². The molecule has 4 nitrogen and oxygen atoms in total. The lowest BCUT2D eigenvalue weighted by Crippen LogP contribution is -2.42. The molecule has 0 aromatic heterocycles. The summed E-state index contributed by atoms with van der Waals surface area (Å²) >= 11 is 3.66. The molecule has 0 bridgehead atoms. The first-order valence-electron chi connectivity index (χ1n) is 8.55. The van der Waals surface area contributed by atoms with Crippen molar-refractivity contribution in [2.45, 2.75) is 38.3 Å². The van der Waals surface area contributed by atoms with Crippen LogP contribution >= 0.6 is 28.3 Å². The van der Waals surface area contributed by atoms with Gasteiger partial charge >= 0.3 is 0 Å². The summed E-state index contributed by atoms with van der Waals surface area (Å²) in [7, 11) is 3.36. The molecule has 1 saturated carbocycles. The Kier molecular flexibility index (Phi) is 7.66. The molecule has 136 valence electrons. The molecule has 1 heterocycles. The van der Waals surface area contributed by atoms with Crippen molar-refractivity contribution in [1.29, 1.82) is 0 Å². The number of hydrogen-bond donors (Lipinski definition) is 1. The highest BCUT2D eigenvalue weighted by Gasteiger charge is 2.24. The van der Waals surface area contributed by atoms with Gasteiger partial charge in [-0.25, -0.2) is 0 Å². The average Bonchev–Trinajstić information content (AvgIpc) is 3.40. The van der Waals surface area contributed by atoms with Crippen LogP contribution in [0.4, 0.5) is 0 Å². The first kappa shape index (κ1) is 19.8. The van der Waals surface area contributed by atoms with E-state index in [2.05, 4.69) is 32.2 Å². The highest BCUT2D eigenvalue weighted by Crippen LogP contribution is 2.34. The summed E-state index contributed by atoms with van der Waals surface area (Å²) < 4.78 is 11.9. The third kappa shape index (κ3) is 5.25. The zero-order valence-electron chi connectivity index (χ0n) is 14.5. The van der Waals surface area contributed by atoms with Crippen LogP contribution in [-0.2, 0) is 6.54 Å². The molecule has 2 aliphatic rings. The molecule has 24 heavy (non-hydrogen) atoms. The summed E-state index contributed by atoms with van der Waals surface area (Å²) in [6.07, 6.45) is 5.35. The molecule has 0 amide bonds. The quantitative estimate of drug-likeness (QED) is 0.728. The number of piperidine rings is 1. The van der Waals surface area contributed by atoms with Gasteiger partial charge in [-0.15, -0.1) is 12.4 Å². The Morgan fingerprint density at radius 1 is 1.08 bits per heavy atom. The fourth-order valence-electron chi connectivity index (χ4n) is 3.21. The lowest BCUT2D eigenvalue weighted by atomic mass is 10.0. The first-order valence-corrected chi connectivity index (χ1v) is 9.35. The van der Waals surface area contributed by atoms with E-state index in [0.717, 1.165) is 41.5 Å². The van der Waals surface area contributed by atoms with Gasteiger partial charge in [0.15, 0.2) is 11.5 Å². The van der Waals surface area contributed by atoms with Gasteiger partial charge < -0.3 is 14.8 Å². The van der Waals surface area contributed by atoms with Crippen LogP contribution in [-0.4, -0.2) is 44.8 Å². The second kappa shape index (κ2) is 9.27. The van der Waals surface area contributed by atoms with E-state index in [-0.39, 0.29) is 12.4 Å². The molecule has 3 rings (SSSR count). The number of nitrogens with one attached hydrogen (secondary N) is 1. The molecule has 1 aromatic carbocycles. The van der Waals surface area contributed by atoms with Gasteiger partial charge in [0.2, 0.25) is 0 Å². The molecule has 0 radical (unpaired) electrons. The molecule has 6 heteroatoms. The number of hydrogen-bond acceptors (Lipinski definition) is 4. The normalized spacial score (nSPS) is 19.0. The van der Waals surface area contributed by atoms with Crippen molar-refractivity contribution >= 4 is 28.3 Å². The zero-order valence-corrected chi connectivity index (χ0v) is 16.9. The van der Waals surface area contributed by atoms with Crippen LogP contribution in [0.25, 0.3) is 0 Å². The Morgan fingerprint density at radius 3 is 2.29 bits per heavy atom. The Balaban J connectivity index is 0.00000208. The van der Waals surface area contributed by atoms with Gasteiger partial charge in [0, 0.05) is 17.1 Å². The van der Waals surface area contributed by atoms with Crippen molar-refractivity contribution in [3.05, 3.63) is 22.2 Å². The van der Waals surface area contributed by atoms with Crippen molar-refractivity contribution in [2.75, 3.05) is 33.9 Å². The van der Waals surface area contributed by atoms with Gasteiger partial charge in [-0.05, 0) is 68.9 Å². The molecule has 0 unspecified atom stereocenters. The van der Waals surface area contributed by atoms with E-state index in [1.165, 1.54) is 37.8 Å². The number of ether oxygens (including phenoxy) is 2. The molecule has 1 aliphatic heterocycles. The summed E-state index contributed by atoms with van der Waals surface area (Å²) in [6, 6.07) is 4.79. The van der Waals surface area contributed by atoms with E-state index in [4.69, 9.17) is 9.47 Å². The van der Waals surface area contributed by atoms with E-state index < -0.39 is 0 Å². The topological polar surface area (TPSA) is 33.7 Å². The Morgan fingerprint density at radius 2 is 1.71 bits per heavy atom. The van der Waals surface area contributed by atoms with Crippen LogP contribution < -0.4 is 14.8 Å². The maximum absolute atomic E-state index is 5.42. The van der Waals surface area contributed by atoms with Gasteiger partial charge in [0.05, 0.1) is 14.2 Å². The van der Waals surface area contributed by atoms with Crippen LogP contribution in [0.1, 0.15) is 31.2 Å². The molecule has 1 N–H and O–H groups in total. The second-order valence-corrected chi connectivity index (χ2v) is 7.55. The summed E-state index contributed by atoms with van der Waals surface area (Å²) in [6.45, 7) is 4.49. The number of likely N-dealkylation sites (tertiary alicyclic amines) is 1. The minimum Gasteiger partial charge on any atom is -0.493 e. The SMILES string of the molecule is COc1cc(Br)c(CN2CCC(NCC3CC3)CC2)cc1OC.Cl. The lowest BCUT2D eigenvalue weighted by Gasteiger charge is -2.32. The monoisotopic (exact) mass is 418 g/mol. The first-order chi connectivity index (χ1) is 11.2. The predicted octanol–water partition coefficient (Wildman–Crippen LogP) is 3.85.